The number of nitrogens with zero attached hydrogens (tertiary/aromatic N) is 4. The van der Waals surface area contributed by atoms with Crippen LogP contribution in [0.4, 0.5) is 32.6 Å². The van der Waals surface area contributed by atoms with Crippen molar-refractivity contribution in [2.45, 2.75) is 38.5 Å². The van der Waals surface area contributed by atoms with Crippen LogP contribution < -0.4 is 21.0 Å². The summed E-state index contributed by atoms with van der Waals surface area (Å²) in [6.45, 7) is 3.19. The van der Waals surface area contributed by atoms with Crippen molar-refractivity contribution in [1.82, 2.24) is 25.2 Å². The zero-order valence-corrected chi connectivity index (χ0v) is 18.9. The van der Waals surface area contributed by atoms with Crippen molar-refractivity contribution in [1.29, 1.82) is 0 Å². The third-order valence-corrected chi connectivity index (χ3v) is 5.55. The molecule has 2 N–H and O–H groups in total. The maximum absolute atomic E-state index is 14.7. The summed E-state index contributed by atoms with van der Waals surface area (Å²) < 4.78 is 68.6. The number of hydrogen-bond donors (Lipinski definition) is 2. The van der Waals surface area contributed by atoms with Gasteiger partial charge in [-0.3, -0.25) is 19.1 Å². The molecule has 9 nitrogen and oxygen atoms in total. The van der Waals surface area contributed by atoms with E-state index < -0.39 is 59.0 Å². The standard InChI is InChI=1S/C22H19F5N6O3/c1-3-15(22(25,26)27)30-20(35)13-9-33(19-14(24)6-11(23)7-28-19)18-12(17(13)34)4-5-16(31-18)32-8-10(2)29-21(32)36/h4-7,9-10,15H,3,8H2,1-2H3,(H,29,36)(H,30,35)/t10-,15?/m1/s1. The molecule has 4 rings (SSSR count). The molecule has 190 valence electrons. The second-order valence-corrected chi connectivity index (χ2v) is 8.18. The number of carbonyl (C=O) groups is 2. The van der Waals surface area contributed by atoms with Gasteiger partial charge in [0, 0.05) is 24.8 Å². The van der Waals surface area contributed by atoms with Gasteiger partial charge < -0.3 is 10.6 Å². The number of amides is 3. The Labute approximate surface area is 199 Å². The van der Waals surface area contributed by atoms with Crippen LogP contribution >= 0.6 is 0 Å². The van der Waals surface area contributed by atoms with E-state index in [4.69, 9.17) is 0 Å². The molecule has 3 amide bonds. The van der Waals surface area contributed by atoms with Gasteiger partial charge in [-0.1, -0.05) is 6.92 Å². The van der Waals surface area contributed by atoms with Gasteiger partial charge in [0.1, 0.15) is 23.2 Å². The summed E-state index contributed by atoms with van der Waals surface area (Å²) in [7, 11) is 0. The van der Waals surface area contributed by atoms with Crippen LogP contribution in [0.15, 0.2) is 35.4 Å². The fourth-order valence-electron chi connectivity index (χ4n) is 3.79. The molecular formula is C22H19F5N6O3. The van der Waals surface area contributed by atoms with Crippen LogP contribution in [0, 0.1) is 11.6 Å². The fourth-order valence-corrected chi connectivity index (χ4v) is 3.79. The SMILES string of the molecule is CCC(NC(=O)c1cn(-c2ncc(F)cc2F)c2nc(N3C[C@@H](C)NC3=O)ccc2c1=O)C(F)(F)F. The van der Waals surface area contributed by atoms with Crippen molar-refractivity contribution in [2.24, 2.45) is 0 Å². The fraction of sp³-hybridized carbons (Fsp3) is 0.318. The topological polar surface area (TPSA) is 109 Å². The first kappa shape index (κ1) is 25.0. The highest BCUT2D eigenvalue weighted by Gasteiger charge is 2.40. The number of carbonyl (C=O) groups excluding carboxylic acids is 2. The van der Waals surface area contributed by atoms with E-state index in [9.17, 15) is 36.3 Å². The summed E-state index contributed by atoms with van der Waals surface area (Å²) in [5.74, 6) is -4.03. The molecule has 0 bridgehead atoms. The van der Waals surface area contributed by atoms with Crippen molar-refractivity contribution in [3.63, 3.8) is 0 Å². The molecule has 0 aromatic carbocycles. The molecule has 3 aromatic heterocycles. The predicted octanol–water partition coefficient (Wildman–Crippen LogP) is 3.05. The summed E-state index contributed by atoms with van der Waals surface area (Å²) in [6, 6.07) is 0.119. The van der Waals surface area contributed by atoms with Crippen LogP contribution in [-0.4, -0.2) is 51.3 Å². The Morgan fingerprint density at radius 2 is 2.00 bits per heavy atom. The third-order valence-electron chi connectivity index (χ3n) is 5.55. The number of urea groups is 1. The molecule has 0 radical (unpaired) electrons. The number of halogens is 5. The largest absolute Gasteiger partial charge is 0.408 e. The van der Waals surface area contributed by atoms with E-state index in [0.717, 1.165) is 10.8 Å². The van der Waals surface area contributed by atoms with Crippen molar-refractivity contribution in [3.8, 4) is 5.82 Å². The van der Waals surface area contributed by atoms with Gasteiger partial charge in [0.15, 0.2) is 17.3 Å². The molecule has 2 atom stereocenters. The van der Waals surface area contributed by atoms with Gasteiger partial charge in [-0.05, 0) is 25.5 Å². The number of alkyl halides is 3. The van der Waals surface area contributed by atoms with Gasteiger partial charge in [-0.2, -0.15) is 13.2 Å². The summed E-state index contributed by atoms with van der Waals surface area (Å²) in [5.41, 5.74) is -1.96. The van der Waals surface area contributed by atoms with E-state index in [0.29, 0.717) is 12.3 Å². The van der Waals surface area contributed by atoms with Crippen LogP contribution in [-0.2, 0) is 0 Å². The number of fused-ring (bicyclic) bond motifs is 1. The first-order valence-electron chi connectivity index (χ1n) is 10.7. The quantitative estimate of drug-likeness (QED) is 0.513. The maximum atomic E-state index is 14.7. The lowest BCUT2D eigenvalue weighted by Crippen LogP contribution is -2.46. The van der Waals surface area contributed by atoms with Gasteiger partial charge in [-0.25, -0.2) is 23.5 Å². The molecule has 1 aliphatic rings. The van der Waals surface area contributed by atoms with Gasteiger partial charge in [0.2, 0.25) is 5.43 Å². The molecule has 1 saturated heterocycles. The zero-order valence-electron chi connectivity index (χ0n) is 18.9. The number of aromatic nitrogens is 3. The molecule has 0 spiro atoms. The van der Waals surface area contributed by atoms with E-state index in [2.05, 4.69) is 15.3 Å². The lowest BCUT2D eigenvalue weighted by atomic mass is 10.1. The third kappa shape index (κ3) is 4.57. The Morgan fingerprint density at radius 1 is 1.28 bits per heavy atom. The number of anilines is 1. The van der Waals surface area contributed by atoms with E-state index >= 15 is 0 Å². The average Bonchev–Trinajstić information content (AvgIpc) is 3.14. The van der Waals surface area contributed by atoms with Crippen molar-refractivity contribution < 1.29 is 31.5 Å². The van der Waals surface area contributed by atoms with Crippen molar-refractivity contribution >= 4 is 28.8 Å². The van der Waals surface area contributed by atoms with Crippen LogP contribution in [0.25, 0.3) is 16.9 Å². The Morgan fingerprint density at radius 3 is 2.58 bits per heavy atom. The lowest BCUT2D eigenvalue weighted by Gasteiger charge is -2.20. The minimum atomic E-state index is -4.77. The Hall–Kier alpha value is -4.10. The monoisotopic (exact) mass is 510 g/mol. The number of nitrogens with one attached hydrogen (secondary N) is 2. The van der Waals surface area contributed by atoms with Gasteiger partial charge >= 0.3 is 12.2 Å². The van der Waals surface area contributed by atoms with Crippen molar-refractivity contribution in [2.75, 3.05) is 11.4 Å². The number of rotatable bonds is 5. The minimum absolute atomic E-state index is 0.0836. The Kier molecular flexibility index (Phi) is 6.37. The van der Waals surface area contributed by atoms with Crippen molar-refractivity contribution in [3.05, 3.63) is 58.0 Å². The second-order valence-electron chi connectivity index (χ2n) is 8.18. The number of hydrogen-bond acceptors (Lipinski definition) is 5. The van der Waals surface area contributed by atoms with Crippen LogP contribution in [0.3, 0.4) is 0 Å². The van der Waals surface area contributed by atoms with Gasteiger partial charge in [0.05, 0.1) is 11.6 Å². The highest BCUT2D eigenvalue weighted by molar-refractivity contribution is 5.98. The van der Waals surface area contributed by atoms with Gasteiger partial charge in [-0.15, -0.1) is 0 Å². The predicted molar refractivity (Wildman–Crippen MR) is 118 cm³/mol. The van der Waals surface area contributed by atoms with Crippen LogP contribution in [0.2, 0.25) is 0 Å². The minimum Gasteiger partial charge on any atom is -0.340 e. The maximum Gasteiger partial charge on any atom is 0.408 e. The van der Waals surface area contributed by atoms with E-state index in [1.54, 1.807) is 12.2 Å². The van der Waals surface area contributed by atoms with E-state index in [1.807, 2.05) is 0 Å². The van der Waals surface area contributed by atoms with Crippen LogP contribution in [0.5, 0.6) is 0 Å². The highest BCUT2D eigenvalue weighted by atomic mass is 19.4. The second kappa shape index (κ2) is 9.17. The Bertz CT molecular complexity index is 1420. The molecule has 14 heteroatoms. The first-order chi connectivity index (χ1) is 16.9. The normalized spacial score (nSPS) is 16.8. The molecule has 0 saturated carbocycles. The summed E-state index contributed by atoms with van der Waals surface area (Å²) in [5, 5.41) is 4.17. The molecule has 4 heterocycles. The molecule has 1 aliphatic heterocycles. The molecular weight excluding hydrogens is 491 g/mol. The first-order valence-corrected chi connectivity index (χ1v) is 10.7. The van der Waals surface area contributed by atoms with Crippen LogP contribution in [0.1, 0.15) is 30.6 Å². The van der Waals surface area contributed by atoms with E-state index in [-0.39, 0.29) is 29.4 Å². The van der Waals surface area contributed by atoms with Gasteiger partial charge in [0.25, 0.3) is 5.91 Å². The number of pyridine rings is 3. The Balaban J connectivity index is 1.92. The average molecular weight is 510 g/mol. The smallest absolute Gasteiger partial charge is 0.340 e. The lowest BCUT2D eigenvalue weighted by molar-refractivity contribution is -0.153. The van der Waals surface area contributed by atoms with E-state index in [1.165, 1.54) is 24.0 Å². The highest BCUT2D eigenvalue weighted by Crippen LogP contribution is 2.25. The molecule has 1 fully saturated rings. The summed E-state index contributed by atoms with van der Waals surface area (Å²) >= 11 is 0. The summed E-state index contributed by atoms with van der Waals surface area (Å²) in [4.78, 5) is 47.3. The summed E-state index contributed by atoms with van der Waals surface area (Å²) in [6.07, 6.45) is -3.80. The zero-order chi connectivity index (χ0) is 26.4. The molecule has 0 aliphatic carbocycles. The molecule has 36 heavy (non-hydrogen) atoms. The molecule has 3 aromatic rings. The molecule has 1 unspecified atom stereocenters.